The molecular formula is C30H28F6N4O4. The normalized spacial score (nSPS) is 15.4. The predicted octanol–water partition coefficient (Wildman–Crippen LogP) is 5.52. The third-order valence-electron chi connectivity index (χ3n) is 7.68. The van der Waals surface area contributed by atoms with E-state index in [0.717, 1.165) is 29.8 Å². The van der Waals surface area contributed by atoms with Crippen LogP contribution in [0.15, 0.2) is 83.9 Å². The van der Waals surface area contributed by atoms with Crippen LogP contribution in [0.2, 0.25) is 0 Å². The fraction of sp³-hybridized carbons (Fsp3) is 0.333. The van der Waals surface area contributed by atoms with Gasteiger partial charge in [0.15, 0.2) is 0 Å². The van der Waals surface area contributed by atoms with Crippen molar-refractivity contribution in [3.63, 3.8) is 0 Å². The Morgan fingerprint density at radius 2 is 1.27 bits per heavy atom. The number of piperidine rings is 1. The molecule has 1 aromatic heterocycles. The number of hydrogen-bond acceptors (Lipinski definition) is 6. The molecule has 1 aliphatic heterocycles. The zero-order chi connectivity index (χ0) is 31.7. The summed E-state index contributed by atoms with van der Waals surface area (Å²) in [6.45, 7) is 1.74. The van der Waals surface area contributed by atoms with Crippen molar-refractivity contribution < 1.29 is 40.9 Å². The molecule has 0 atom stereocenters. The minimum atomic E-state index is -4.89. The summed E-state index contributed by atoms with van der Waals surface area (Å²) in [5, 5.41) is 16.1. The zero-order valence-corrected chi connectivity index (χ0v) is 23.3. The Kier molecular flexibility index (Phi) is 8.49. The molecule has 8 nitrogen and oxygen atoms in total. The molecule has 0 saturated carbocycles. The first kappa shape index (κ1) is 31.1. The number of hydrogen-bond donors (Lipinski definition) is 1. The van der Waals surface area contributed by atoms with Crippen LogP contribution in [0.25, 0.3) is 5.69 Å². The van der Waals surface area contributed by atoms with Crippen molar-refractivity contribution in [1.82, 2.24) is 19.2 Å². The quantitative estimate of drug-likeness (QED) is 0.261. The second kappa shape index (κ2) is 12.0. The Bertz CT molecular complexity index is 1550. The van der Waals surface area contributed by atoms with Gasteiger partial charge in [0.1, 0.15) is 23.4 Å². The molecule has 0 spiro atoms. The lowest BCUT2D eigenvalue weighted by atomic mass is 9.72. The fourth-order valence-electron chi connectivity index (χ4n) is 5.55. The molecule has 44 heavy (non-hydrogen) atoms. The molecule has 234 valence electrons. The van der Waals surface area contributed by atoms with E-state index in [0.29, 0.717) is 38.2 Å². The molecule has 1 N–H and O–H groups in total. The Hall–Kier alpha value is -4.30. The van der Waals surface area contributed by atoms with Crippen LogP contribution in [0.1, 0.15) is 29.5 Å². The van der Waals surface area contributed by atoms with E-state index in [4.69, 9.17) is 0 Å². The number of likely N-dealkylation sites (tertiary alicyclic amines) is 1. The summed E-state index contributed by atoms with van der Waals surface area (Å²) in [5.74, 6) is -1.35. The van der Waals surface area contributed by atoms with E-state index in [-0.39, 0.29) is 16.8 Å². The Morgan fingerprint density at radius 1 is 0.795 bits per heavy atom. The topological polar surface area (TPSA) is 81.8 Å². The number of aryl methyl sites for hydroxylation is 1. The van der Waals surface area contributed by atoms with Crippen LogP contribution in [0.3, 0.4) is 0 Å². The Labute approximate surface area is 247 Å². The summed E-state index contributed by atoms with van der Waals surface area (Å²) in [5.41, 5.74) is 0.233. The van der Waals surface area contributed by atoms with Crippen molar-refractivity contribution in [1.29, 1.82) is 0 Å². The highest BCUT2D eigenvalue weighted by Crippen LogP contribution is 2.43. The molecule has 0 aliphatic carbocycles. The van der Waals surface area contributed by atoms with E-state index in [1.165, 1.54) is 39.8 Å². The van der Waals surface area contributed by atoms with Gasteiger partial charge < -0.3 is 14.6 Å². The first-order chi connectivity index (χ1) is 20.7. The van der Waals surface area contributed by atoms with E-state index >= 15 is 0 Å². The van der Waals surface area contributed by atoms with Crippen LogP contribution < -0.4 is 15.2 Å². The number of ether oxygens (including phenoxy) is 2. The van der Waals surface area contributed by atoms with Gasteiger partial charge in [-0.05, 0) is 84.9 Å². The second-order valence-corrected chi connectivity index (χ2v) is 10.5. The van der Waals surface area contributed by atoms with E-state index < -0.39 is 35.7 Å². The summed E-state index contributed by atoms with van der Waals surface area (Å²) >= 11 is 0. The van der Waals surface area contributed by atoms with Crippen LogP contribution in [0.5, 0.6) is 11.5 Å². The summed E-state index contributed by atoms with van der Waals surface area (Å²) in [6.07, 6.45) is -7.37. The summed E-state index contributed by atoms with van der Waals surface area (Å²) in [4.78, 5) is 14.3. The number of rotatable bonds is 8. The highest BCUT2D eigenvalue weighted by atomic mass is 19.4. The SMILES string of the molecule is Cn1ncn(-c2ccc(CN3CCC(C(O)(c4ccc(OC(F)(F)F)cc4)c4ccc(OC(F)(F)F)cc4)CC3)cc2)c1=O. The predicted molar refractivity (Wildman–Crippen MR) is 146 cm³/mol. The molecule has 0 radical (unpaired) electrons. The number of aliphatic hydroxyl groups is 1. The third kappa shape index (κ3) is 7.08. The maximum Gasteiger partial charge on any atom is 0.573 e. The molecule has 3 aromatic carbocycles. The number of aromatic nitrogens is 3. The van der Waals surface area contributed by atoms with Crippen LogP contribution in [0, 0.1) is 5.92 Å². The first-order valence-corrected chi connectivity index (χ1v) is 13.6. The maximum absolute atomic E-state index is 12.7. The molecule has 4 aromatic rings. The minimum Gasteiger partial charge on any atom is -0.406 e. The Morgan fingerprint density at radius 3 is 1.68 bits per heavy atom. The molecule has 1 saturated heterocycles. The Balaban J connectivity index is 1.33. The van der Waals surface area contributed by atoms with Gasteiger partial charge in [-0.2, -0.15) is 5.10 Å². The lowest BCUT2D eigenvalue weighted by Gasteiger charge is -2.42. The molecule has 0 bridgehead atoms. The van der Waals surface area contributed by atoms with Crippen LogP contribution in [-0.4, -0.2) is 50.2 Å². The van der Waals surface area contributed by atoms with Gasteiger partial charge in [-0.1, -0.05) is 36.4 Å². The van der Waals surface area contributed by atoms with E-state index in [2.05, 4.69) is 19.5 Å². The van der Waals surface area contributed by atoms with Crippen molar-refractivity contribution in [2.24, 2.45) is 13.0 Å². The van der Waals surface area contributed by atoms with E-state index in [1.807, 2.05) is 24.3 Å². The molecule has 14 heteroatoms. The van der Waals surface area contributed by atoms with Crippen LogP contribution in [0.4, 0.5) is 26.3 Å². The monoisotopic (exact) mass is 622 g/mol. The maximum atomic E-state index is 12.7. The third-order valence-corrected chi connectivity index (χ3v) is 7.68. The van der Waals surface area contributed by atoms with E-state index in [9.17, 15) is 36.2 Å². The number of halogens is 6. The van der Waals surface area contributed by atoms with Gasteiger partial charge in [0.2, 0.25) is 0 Å². The van der Waals surface area contributed by atoms with Crippen molar-refractivity contribution in [2.45, 2.75) is 37.7 Å². The van der Waals surface area contributed by atoms with Gasteiger partial charge in [-0.25, -0.2) is 14.0 Å². The molecule has 0 amide bonds. The highest BCUT2D eigenvalue weighted by molar-refractivity contribution is 5.42. The van der Waals surface area contributed by atoms with Crippen molar-refractivity contribution in [2.75, 3.05) is 13.1 Å². The lowest BCUT2D eigenvalue weighted by molar-refractivity contribution is -0.275. The van der Waals surface area contributed by atoms with Gasteiger partial charge in [-0.3, -0.25) is 4.90 Å². The van der Waals surface area contributed by atoms with Gasteiger partial charge in [0.25, 0.3) is 0 Å². The van der Waals surface area contributed by atoms with Crippen LogP contribution in [-0.2, 0) is 19.2 Å². The van der Waals surface area contributed by atoms with Gasteiger partial charge in [0, 0.05) is 13.6 Å². The highest BCUT2D eigenvalue weighted by Gasteiger charge is 2.42. The standard InChI is InChI=1S/C30H28F6N4O4/c1-38-27(41)40(19-37-38)24-8-2-20(3-9-24)18-39-16-14-23(15-17-39)28(42,21-4-10-25(11-5-21)43-29(31,32)33)22-6-12-26(13-7-22)44-30(34,35)36/h2-13,19,23,42H,14-18H2,1H3. The van der Waals surface area contributed by atoms with Gasteiger partial charge in [-0.15, -0.1) is 26.3 Å². The molecule has 2 heterocycles. The van der Waals surface area contributed by atoms with Crippen molar-refractivity contribution >= 4 is 0 Å². The lowest BCUT2D eigenvalue weighted by Crippen LogP contribution is -2.44. The average Bonchev–Trinajstić information content (AvgIpc) is 3.30. The number of benzene rings is 3. The zero-order valence-electron chi connectivity index (χ0n) is 23.3. The first-order valence-electron chi connectivity index (χ1n) is 13.6. The second-order valence-electron chi connectivity index (χ2n) is 10.5. The van der Waals surface area contributed by atoms with Crippen LogP contribution >= 0.6 is 0 Å². The summed E-state index contributed by atoms with van der Waals surface area (Å²) in [7, 11) is 1.56. The molecule has 0 unspecified atom stereocenters. The van der Waals surface area contributed by atoms with Gasteiger partial charge in [0.05, 0.1) is 5.69 Å². The van der Waals surface area contributed by atoms with E-state index in [1.54, 1.807) is 7.05 Å². The van der Waals surface area contributed by atoms with Crippen molar-refractivity contribution in [3.8, 4) is 17.2 Å². The van der Waals surface area contributed by atoms with Gasteiger partial charge >= 0.3 is 18.4 Å². The number of alkyl halides is 6. The largest absolute Gasteiger partial charge is 0.573 e. The number of nitrogens with zero attached hydrogens (tertiary/aromatic N) is 4. The average molecular weight is 623 g/mol. The minimum absolute atomic E-state index is 0.266. The summed E-state index contributed by atoms with van der Waals surface area (Å²) < 4.78 is 86.8. The molecular weight excluding hydrogens is 594 g/mol. The molecule has 1 fully saturated rings. The van der Waals surface area contributed by atoms with Crippen molar-refractivity contribution in [3.05, 3.63) is 106 Å². The molecule has 5 rings (SSSR count). The fourth-order valence-corrected chi connectivity index (χ4v) is 5.55. The molecule has 1 aliphatic rings. The smallest absolute Gasteiger partial charge is 0.406 e. The summed E-state index contributed by atoms with van der Waals surface area (Å²) in [6, 6.07) is 17.1.